The molecule has 33 heavy (non-hydrogen) atoms. The lowest BCUT2D eigenvalue weighted by Crippen LogP contribution is -2.24. The van der Waals surface area contributed by atoms with Crippen LogP contribution in [0.4, 0.5) is 11.9 Å². The lowest BCUT2D eigenvalue weighted by Gasteiger charge is -2.10. The summed E-state index contributed by atoms with van der Waals surface area (Å²) < 4.78 is 3.47. The molecule has 0 radical (unpaired) electrons. The first-order valence-corrected chi connectivity index (χ1v) is 11.6. The summed E-state index contributed by atoms with van der Waals surface area (Å²) in [6.45, 7) is 6.38. The summed E-state index contributed by atoms with van der Waals surface area (Å²) in [4.78, 5) is 25.3. The maximum absolute atomic E-state index is 12.5. The smallest absolute Gasteiger partial charge is 0.261 e. The van der Waals surface area contributed by atoms with Gasteiger partial charge < -0.3 is 16.0 Å². The number of fused-ring (bicyclic) bond motifs is 1. The molecule has 13 heteroatoms. The van der Waals surface area contributed by atoms with Crippen molar-refractivity contribution in [1.29, 1.82) is 0 Å². The molecule has 1 amide bonds. The second kappa shape index (κ2) is 10.7. The van der Waals surface area contributed by atoms with Gasteiger partial charge in [-0.15, -0.1) is 10.2 Å². The number of carbonyl (C=O) groups excluding carboxylic acids is 1. The van der Waals surface area contributed by atoms with Crippen molar-refractivity contribution < 1.29 is 4.79 Å². The van der Waals surface area contributed by atoms with Gasteiger partial charge in [-0.3, -0.25) is 4.79 Å². The van der Waals surface area contributed by atoms with Gasteiger partial charge in [-0.05, 0) is 25.0 Å². The zero-order valence-electron chi connectivity index (χ0n) is 18.4. The largest absolute Gasteiger partial charge is 0.355 e. The van der Waals surface area contributed by atoms with E-state index in [4.69, 9.17) is 0 Å². The second-order valence-electron chi connectivity index (χ2n) is 7.03. The minimum absolute atomic E-state index is 0.103. The molecule has 0 spiro atoms. The lowest BCUT2D eigenvalue weighted by atomic mass is 10.1. The number of hydrogen-bond donors (Lipinski definition) is 3. The van der Waals surface area contributed by atoms with Gasteiger partial charge >= 0.3 is 0 Å². The molecule has 4 rings (SSSR count). The monoisotopic (exact) mass is 467 g/mol. The van der Waals surface area contributed by atoms with Crippen molar-refractivity contribution in [1.82, 2.24) is 44.6 Å². The van der Waals surface area contributed by atoms with Crippen LogP contribution in [0.3, 0.4) is 0 Å². The fourth-order valence-electron chi connectivity index (χ4n) is 3.12. The Morgan fingerprint density at radius 2 is 1.94 bits per heavy atom. The fraction of sp³-hybridized carbons (Fsp3) is 0.350. The first-order chi connectivity index (χ1) is 16.2. The summed E-state index contributed by atoms with van der Waals surface area (Å²) in [5.74, 6) is 1.57. The number of nitrogens with one attached hydrogen (secondary N) is 3. The standard InChI is InChI=1S/C20H25N11OS/c1-3-22-17-26-18(23-4-2)31-19(27-17)28-29-20(31)33-11-16(32)24-9-14-6-5-7-15(8-14)10-30-13-21-12-25-30/h5-8,12-13H,3-4,9-11H2,1-2H3,(H,24,32)(H2,22,23,26,27,28). The summed E-state index contributed by atoms with van der Waals surface area (Å²) in [6, 6.07) is 8.01. The first kappa shape index (κ1) is 22.5. The molecule has 0 aliphatic carbocycles. The predicted octanol–water partition coefficient (Wildman–Crippen LogP) is 1.43. The second-order valence-corrected chi connectivity index (χ2v) is 7.97. The Hall–Kier alpha value is -3.74. The molecule has 3 N–H and O–H groups in total. The van der Waals surface area contributed by atoms with E-state index < -0.39 is 0 Å². The van der Waals surface area contributed by atoms with Crippen LogP contribution >= 0.6 is 11.8 Å². The molecule has 3 aromatic heterocycles. The molecule has 0 atom stereocenters. The summed E-state index contributed by atoms with van der Waals surface area (Å²) in [6.07, 6.45) is 3.18. The van der Waals surface area contributed by atoms with Gasteiger partial charge in [0, 0.05) is 19.6 Å². The van der Waals surface area contributed by atoms with Gasteiger partial charge in [-0.2, -0.15) is 15.1 Å². The maximum atomic E-state index is 12.5. The van der Waals surface area contributed by atoms with Crippen LogP contribution in [0.5, 0.6) is 0 Å². The van der Waals surface area contributed by atoms with E-state index >= 15 is 0 Å². The van der Waals surface area contributed by atoms with Gasteiger partial charge in [0.05, 0.1) is 12.3 Å². The topological polar surface area (TPSA) is 140 Å². The van der Waals surface area contributed by atoms with Crippen molar-refractivity contribution in [2.24, 2.45) is 0 Å². The highest BCUT2D eigenvalue weighted by molar-refractivity contribution is 7.99. The predicted molar refractivity (Wildman–Crippen MR) is 125 cm³/mol. The molecule has 4 aromatic rings. The van der Waals surface area contributed by atoms with Crippen molar-refractivity contribution in [3.63, 3.8) is 0 Å². The number of nitrogens with zero attached hydrogens (tertiary/aromatic N) is 8. The van der Waals surface area contributed by atoms with Crippen LogP contribution in [0.1, 0.15) is 25.0 Å². The van der Waals surface area contributed by atoms with Gasteiger partial charge in [0.1, 0.15) is 12.7 Å². The number of hydrogen-bond acceptors (Lipinski definition) is 10. The Labute approximate surface area is 194 Å². The van der Waals surface area contributed by atoms with Crippen LogP contribution in [-0.2, 0) is 17.9 Å². The molecular weight excluding hydrogens is 442 g/mol. The van der Waals surface area contributed by atoms with E-state index in [9.17, 15) is 4.79 Å². The first-order valence-electron chi connectivity index (χ1n) is 10.6. The number of amides is 1. The van der Waals surface area contributed by atoms with Crippen molar-refractivity contribution in [3.05, 3.63) is 48.0 Å². The van der Waals surface area contributed by atoms with Crippen LogP contribution in [0, 0.1) is 0 Å². The number of aromatic nitrogens is 8. The van der Waals surface area contributed by atoms with E-state index in [1.165, 1.54) is 18.1 Å². The molecule has 0 fully saturated rings. The van der Waals surface area contributed by atoms with E-state index in [1.54, 1.807) is 15.4 Å². The van der Waals surface area contributed by atoms with Gasteiger partial charge in [-0.25, -0.2) is 14.1 Å². The number of anilines is 2. The van der Waals surface area contributed by atoms with Crippen LogP contribution in [0.15, 0.2) is 42.1 Å². The maximum Gasteiger partial charge on any atom is 0.261 e. The zero-order chi connectivity index (χ0) is 23.0. The Morgan fingerprint density at radius 3 is 2.73 bits per heavy atom. The van der Waals surface area contributed by atoms with Gasteiger partial charge in [-0.1, -0.05) is 36.0 Å². The average Bonchev–Trinajstić information content (AvgIpc) is 3.47. The normalized spacial score (nSPS) is 11.0. The highest BCUT2D eigenvalue weighted by Gasteiger charge is 2.15. The Bertz CT molecular complexity index is 1210. The van der Waals surface area contributed by atoms with Crippen LogP contribution in [0.25, 0.3) is 5.78 Å². The van der Waals surface area contributed by atoms with Crippen molar-refractivity contribution in [2.45, 2.75) is 32.1 Å². The van der Waals surface area contributed by atoms with E-state index in [2.05, 4.69) is 46.2 Å². The highest BCUT2D eigenvalue weighted by atomic mass is 32.2. The zero-order valence-corrected chi connectivity index (χ0v) is 19.2. The van der Waals surface area contributed by atoms with Crippen LogP contribution in [-0.4, -0.2) is 64.1 Å². The third kappa shape index (κ3) is 5.74. The third-order valence-corrected chi connectivity index (χ3v) is 5.47. The molecule has 0 saturated heterocycles. The van der Waals surface area contributed by atoms with E-state index in [-0.39, 0.29) is 11.7 Å². The minimum atomic E-state index is -0.103. The van der Waals surface area contributed by atoms with Gasteiger partial charge in [0.25, 0.3) is 5.78 Å². The van der Waals surface area contributed by atoms with Gasteiger partial charge in [0.2, 0.25) is 17.8 Å². The molecular formula is C20H25N11OS. The van der Waals surface area contributed by atoms with E-state index in [0.29, 0.717) is 49.0 Å². The molecule has 0 saturated carbocycles. The SMILES string of the molecule is CCNc1nc(NCC)n2c(SCC(=O)NCc3cccc(Cn4cncn4)c3)nnc2n1. The third-order valence-electron chi connectivity index (χ3n) is 4.54. The molecule has 0 unspecified atom stereocenters. The van der Waals surface area contributed by atoms with Crippen molar-refractivity contribution >= 4 is 35.3 Å². The quantitative estimate of drug-likeness (QED) is 0.278. The molecule has 0 aliphatic rings. The van der Waals surface area contributed by atoms with Crippen LogP contribution in [0.2, 0.25) is 0 Å². The molecule has 172 valence electrons. The highest BCUT2D eigenvalue weighted by Crippen LogP contribution is 2.21. The Balaban J connectivity index is 1.36. The molecule has 12 nitrogen and oxygen atoms in total. The van der Waals surface area contributed by atoms with Crippen molar-refractivity contribution in [2.75, 3.05) is 29.5 Å². The van der Waals surface area contributed by atoms with E-state index in [1.807, 2.05) is 38.1 Å². The van der Waals surface area contributed by atoms with Gasteiger partial charge in [0.15, 0.2) is 5.16 Å². The Kier molecular flexibility index (Phi) is 7.29. The summed E-state index contributed by atoms with van der Waals surface area (Å²) in [7, 11) is 0. The summed E-state index contributed by atoms with van der Waals surface area (Å²) >= 11 is 1.28. The average molecular weight is 468 g/mol. The molecule has 0 aliphatic heterocycles. The Morgan fingerprint density at radius 1 is 1.09 bits per heavy atom. The fourth-order valence-corrected chi connectivity index (χ4v) is 3.88. The molecule has 0 bridgehead atoms. The summed E-state index contributed by atoms with van der Waals surface area (Å²) in [5, 5.41) is 22.2. The molecule has 1 aromatic carbocycles. The van der Waals surface area contributed by atoms with E-state index in [0.717, 1.165) is 11.1 Å². The number of rotatable bonds is 11. The number of carbonyl (C=O) groups is 1. The van der Waals surface area contributed by atoms with Crippen LogP contribution < -0.4 is 16.0 Å². The summed E-state index contributed by atoms with van der Waals surface area (Å²) in [5.41, 5.74) is 2.10. The minimum Gasteiger partial charge on any atom is -0.355 e. The number of benzene rings is 1. The lowest BCUT2D eigenvalue weighted by molar-refractivity contribution is -0.118. The number of thioether (sulfide) groups is 1. The van der Waals surface area contributed by atoms with Crippen molar-refractivity contribution in [3.8, 4) is 0 Å². The molecule has 3 heterocycles.